The molecule has 0 unspecified atom stereocenters. The minimum absolute atomic E-state index is 0.0137. The van der Waals surface area contributed by atoms with E-state index in [1.807, 2.05) is 0 Å². The van der Waals surface area contributed by atoms with Crippen LogP contribution in [0.25, 0.3) is 0 Å². The first-order valence-corrected chi connectivity index (χ1v) is 5.06. The van der Waals surface area contributed by atoms with Gasteiger partial charge in [0.2, 0.25) is 0 Å². The van der Waals surface area contributed by atoms with Crippen molar-refractivity contribution in [3.8, 4) is 5.75 Å². The normalized spacial score (nSPS) is 9.57. The lowest BCUT2D eigenvalue weighted by molar-refractivity contribution is -0.385. The van der Waals surface area contributed by atoms with Crippen molar-refractivity contribution in [2.24, 2.45) is 0 Å². The van der Waals surface area contributed by atoms with Crippen LogP contribution in [0.1, 0.15) is 0 Å². The van der Waals surface area contributed by atoms with Gasteiger partial charge >= 0.3 is 0 Å². The van der Waals surface area contributed by atoms with Gasteiger partial charge in [-0.1, -0.05) is 6.58 Å². The van der Waals surface area contributed by atoms with Crippen molar-refractivity contribution in [3.05, 3.63) is 44.0 Å². The summed E-state index contributed by atoms with van der Waals surface area (Å²) < 4.78 is 6.05. The van der Waals surface area contributed by atoms with Crippen molar-refractivity contribution in [1.29, 1.82) is 0 Å². The van der Waals surface area contributed by atoms with Gasteiger partial charge in [0.1, 0.15) is 0 Å². The molecule has 74 valence electrons. The largest absolute Gasteiger partial charge is 0.463 e. The van der Waals surface area contributed by atoms with Crippen molar-refractivity contribution in [2.45, 2.75) is 0 Å². The minimum atomic E-state index is -0.479. The SMILES string of the molecule is C=COc1c(Br)cc([N+](=O)[O-])cc1Br. The number of nitro benzene ring substituents is 1. The average molecular weight is 323 g/mol. The summed E-state index contributed by atoms with van der Waals surface area (Å²) in [5, 5.41) is 10.5. The van der Waals surface area contributed by atoms with Crippen molar-refractivity contribution in [2.75, 3.05) is 0 Å². The summed E-state index contributed by atoms with van der Waals surface area (Å²) in [5.74, 6) is 0.464. The van der Waals surface area contributed by atoms with E-state index < -0.39 is 4.92 Å². The third-order valence-electron chi connectivity index (χ3n) is 1.40. The molecule has 0 N–H and O–H groups in total. The Kier molecular flexibility index (Phi) is 3.65. The van der Waals surface area contributed by atoms with Crippen LogP contribution in [0.3, 0.4) is 0 Å². The molecule has 0 aliphatic rings. The van der Waals surface area contributed by atoms with Crippen molar-refractivity contribution < 1.29 is 9.66 Å². The number of nitro groups is 1. The van der Waals surface area contributed by atoms with E-state index in [-0.39, 0.29) is 5.69 Å². The first-order chi connectivity index (χ1) is 6.56. The first-order valence-electron chi connectivity index (χ1n) is 3.47. The zero-order valence-electron chi connectivity index (χ0n) is 6.87. The number of hydrogen-bond acceptors (Lipinski definition) is 3. The van der Waals surface area contributed by atoms with E-state index in [9.17, 15) is 10.1 Å². The molecular formula is C8H5Br2NO3. The Morgan fingerprint density at radius 3 is 2.29 bits per heavy atom. The Morgan fingerprint density at radius 2 is 1.93 bits per heavy atom. The van der Waals surface area contributed by atoms with Crippen LogP contribution < -0.4 is 4.74 Å². The summed E-state index contributed by atoms with van der Waals surface area (Å²) in [6.07, 6.45) is 1.25. The topological polar surface area (TPSA) is 52.4 Å². The number of nitrogens with zero attached hydrogens (tertiary/aromatic N) is 1. The van der Waals surface area contributed by atoms with E-state index >= 15 is 0 Å². The van der Waals surface area contributed by atoms with Crippen molar-refractivity contribution in [3.63, 3.8) is 0 Å². The number of halogens is 2. The van der Waals surface area contributed by atoms with Crippen LogP contribution in [0.5, 0.6) is 5.75 Å². The number of benzene rings is 1. The van der Waals surface area contributed by atoms with Gasteiger partial charge in [0.25, 0.3) is 5.69 Å². The van der Waals surface area contributed by atoms with E-state index in [4.69, 9.17) is 4.74 Å². The molecule has 0 aliphatic carbocycles. The lowest BCUT2D eigenvalue weighted by Crippen LogP contribution is -1.90. The summed E-state index contributed by atoms with van der Waals surface area (Å²) >= 11 is 6.32. The average Bonchev–Trinajstić information content (AvgIpc) is 2.10. The standard InChI is InChI=1S/C8H5Br2NO3/c1-2-14-8-6(9)3-5(11(12)13)4-7(8)10/h2-4H,1H2. The maximum atomic E-state index is 10.5. The molecule has 1 aromatic rings. The van der Waals surface area contributed by atoms with E-state index in [1.165, 1.54) is 18.4 Å². The highest BCUT2D eigenvalue weighted by molar-refractivity contribution is 9.11. The monoisotopic (exact) mass is 321 g/mol. The lowest BCUT2D eigenvalue weighted by Gasteiger charge is -2.05. The lowest BCUT2D eigenvalue weighted by atomic mass is 10.3. The smallest absolute Gasteiger partial charge is 0.271 e. The maximum absolute atomic E-state index is 10.5. The van der Waals surface area contributed by atoms with Crippen LogP contribution in [0.15, 0.2) is 33.9 Å². The third kappa shape index (κ3) is 2.33. The Morgan fingerprint density at radius 1 is 1.43 bits per heavy atom. The molecule has 0 atom stereocenters. The van der Waals surface area contributed by atoms with Gasteiger partial charge < -0.3 is 4.74 Å². The second kappa shape index (κ2) is 4.56. The van der Waals surface area contributed by atoms with E-state index in [0.29, 0.717) is 14.7 Å². The van der Waals surface area contributed by atoms with Crippen LogP contribution in [0.2, 0.25) is 0 Å². The summed E-state index contributed by atoms with van der Waals surface area (Å²) in [6, 6.07) is 2.73. The van der Waals surface area contributed by atoms with Gasteiger partial charge in [-0.2, -0.15) is 0 Å². The number of ether oxygens (including phenoxy) is 1. The fraction of sp³-hybridized carbons (Fsp3) is 0. The second-order valence-corrected chi connectivity index (χ2v) is 3.99. The molecule has 0 amide bonds. The number of rotatable bonds is 3. The predicted octanol–water partition coefficient (Wildman–Crippen LogP) is 3.64. The molecule has 0 radical (unpaired) electrons. The summed E-state index contributed by atoms with van der Waals surface area (Å²) in [6.45, 7) is 3.40. The highest BCUT2D eigenvalue weighted by atomic mass is 79.9. The molecule has 1 rings (SSSR count). The Hall–Kier alpha value is -0.880. The van der Waals surface area contributed by atoms with Gasteiger partial charge in [-0.05, 0) is 31.9 Å². The molecule has 0 fully saturated rings. The molecule has 14 heavy (non-hydrogen) atoms. The zero-order valence-corrected chi connectivity index (χ0v) is 10.0. The second-order valence-electron chi connectivity index (χ2n) is 2.28. The Bertz CT molecular complexity index is 369. The van der Waals surface area contributed by atoms with Crippen molar-refractivity contribution in [1.82, 2.24) is 0 Å². The summed E-state index contributed by atoms with van der Waals surface area (Å²) in [7, 11) is 0. The summed E-state index contributed by atoms with van der Waals surface area (Å²) in [4.78, 5) is 10.00. The molecule has 0 saturated carbocycles. The van der Waals surface area contributed by atoms with Crippen LogP contribution >= 0.6 is 31.9 Å². The van der Waals surface area contributed by atoms with Gasteiger partial charge in [0.15, 0.2) is 5.75 Å². The fourth-order valence-electron chi connectivity index (χ4n) is 0.848. The molecule has 0 aliphatic heterocycles. The summed E-state index contributed by atoms with van der Waals surface area (Å²) in [5.41, 5.74) is -0.0137. The number of hydrogen-bond donors (Lipinski definition) is 0. The first kappa shape index (κ1) is 11.2. The van der Waals surface area contributed by atoms with Crippen LogP contribution in [0, 0.1) is 10.1 Å². The van der Waals surface area contributed by atoms with Gasteiger partial charge in [-0.25, -0.2) is 0 Å². The molecule has 0 bridgehead atoms. The molecule has 4 nitrogen and oxygen atoms in total. The van der Waals surface area contributed by atoms with E-state index in [0.717, 1.165) is 0 Å². The quantitative estimate of drug-likeness (QED) is 0.485. The molecule has 1 aromatic carbocycles. The predicted molar refractivity (Wildman–Crippen MR) is 59.3 cm³/mol. The Balaban J connectivity index is 3.24. The molecular weight excluding hydrogens is 318 g/mol. The van der Waals surface area contributed by atoms with Crippen LogP contribution in [0.4, 0.5) is 5.69 Å². The van der Waals surface area contributed by atoms with E-state index in [2.05, 4.69) is 38.4 Å². The van der Waals surface area contributed by atoms with Crippen LogP contribution in [-0.2, 0) is 0 Å². The van der Waals surface area contributed by atoms with Crippen molar-refractivity contribution >= 4 is 37.5 Å². The molecule has 0 heterocycles. The molecule has 6 heteroatoms. The Labute approximate surface area is 97.0 Å². The highest BCUT2D eigenvalue weighted by Gasteiger charge is 2.14. The zero-order chi connectivity index (χ0) is 10.7. The maximum Gasteiger partial charge on any atom is 0.271 e. The highest BCUT2D eigenvalue weighted by Crippen LogP contribution is 2.37. The third-order valence-corrected chi connectivity index (χ3v) is 2.57. The van der Waals surface area contributed by atoms with Crippen LogP contribution in [-0.4, -0.2) is 4.92 Å². The van der Waals surface area contributed by atoms with Gasteiger partial charge in [-0.3, -0.25) is 10.1 Å². The van der Waals surface area contributed by atoms with E-state index in [1.54, 1.807) is 0 Å². The molecule has 0 aromatic heterocycles. The van der Waals surface area contributed by atoms with Gasteiger partial charge in [-0.15, -0.1) is 0 Å². The van der Waals surface area contributed by atoms with Gasteiger partial charge in [0.05, 0.1) is 20.1 Å². The molecule has 0 spiro atoms. The molecule has 0 saturated heterocycles. The fourth-order valence-corrected chi connectivity index (χ4v) is 2.20. The number of non-ortho nitro benzene ring substituents is 1. The minimum Gasteiger partial charge on any atom is -0.463 e. The van der Waals surface area contributed by atoms with Gasteiger partial charge in [0, 0.05) is 12.1 Å².